The van der Waals surface area contributed by atoms with E-state index in [1.54, 1.807) is 18.2 Å². The predicted octanol–water partition coefficient (Wildman–Crippen LogP) is 1.93. The molecule has 0 aromatic heterocycles. The number of aryl methyl sites for hydroxylation is 2. The number of hydrogen-bond donors (Lipinski definition) is 2. The molecular formula is C20H23N3O4S. The minimum Gasteiger partial charge on any atom is -0.491 e. The number of hydrogen-bond acceptors (Lipinski definition) is 5. The number of carbonyl (C=O) groups excluding carboxylic acids is 1. The molecule has 1 heterocycles. The van der Waals surface area contributed by atoms with Gasteiger partial charge >= 0.3 is 0 Å². The van der Waals surface area contributed by atoms with Crippen molar-refractivity contribution in [2.45, 2.75) is 25.2 Å². The zero-order valence-electron chi connectivity index (χ0n) is 15.9. The fourth-order valence-corrected chi connectivity index (χ4v) is 4.17. The average molecular weight is 401 g/mol. The SMILES string of the molecule is Cc1ccc(OCCNC(=O)CCN=C2NS(=O)(=O)c3ccccc32)c(C)c1. The fraction of sp³-hybridized carbons (Fsp3) is 0.300. The van der Waals surface area contributed by atoms with E-state index >= 15 is 0 Å². The molecule has 1 aliphatic heterocycles. The summed E-state index contributed by atoms with van der Waals surface area (Å²) in [6, 6.07) is 12.6. The summed E-state index contributed by atoms with van der Waals surface area (Å²) in [5, 5.41) is 2.77. The maximum atomic E-state index is 12.0. The van der Waals surface area contributed by atoms with E-state index in [1.807, 2.05) is 32.0 Å². The van der Waals surface area contributed by atoms with E-state index in [1.165, 1.54) is 11.6 Å². The van der Waals surface area contributed by atoms with Crippen molar-refractivity contribution in [3.63, 3.8) is 0 Å². The Labute approximate surface area is 164 Å². The Morgan fingerprint density at radius 3 is 2.75 bits per heavy atom. The van der Waals surface area contributed by atoms with E-state index < -0.39 is 10.0 Å². The molecule has 2 N–H and O–H groups in total. The van der Waals surface area contributed by atoms with Gasteiger partial charge in [-0.1, -0.05) is 29.8 Å². The van der Waals surface area contributed by atoms with Crippen LogP contribution in [0.3, 0.4) is 0 Å². The van der Waals surface area contributed by atoms with Gasteiger partial charge in [-0.2, -0.15) is 0 Å². The first-order valence-electron chi connectivity index (χ1n) is 9.00. The lowest BCUT2D eigenvalue weighted by atomic mass is 10.1. The van der Waals surface area contributed by atoms with Gasteiger partial charge in [-0.25, -0.2) is 8.42 Å². The second kappa shape index (κ2) is 8.43. The average Bonchev–Trinajstić information content (AvgIpc) is 2.91. The molecule has 0 fully saturated rings. The van der Waals surface area contributed by atoms with E-state index in [0.29, 0.717) is 18.7 Å². The lowest BCUT2D eigenvalue weighted by Gasteiger charge is -2.10. The van der Waals surface area contributed by atoms with Crippen molar-refractivity contribution in [1.29, 1.82) is 0 Å². The number of carbonyl (C=O) groups is 1. The van der Waals surface area contributed by atoms with Crippen molar-refractivity contribution >= 4 is 21.8 Å². The maximum absolute atomic E-state index is 12.0. The van der Waals surface area contributed by atoms with Gasteiger partial charge in [0.25, 0.3) is 10.0 Å². The zero-order chi connectivity index (χ0) is 20.1. The van der Waals surface area contributed by atoms with Gasteiger partial charge in [-0.3, -0.25) is 14.5 Å². The van der Waals surface area contributed by atoms with Crippen LogP contribution in [-0.4, -0.2) is 39.9 Å². The summed E-state index contributed by atoms with van der Waals surface area (Å²) in [6.07, 6.45) is 0.164. The summed E-state index contributed by atoms with van der Waals surface area (Å²) in [6.45, 7) is 4.95. The number of amides is 1. The molecule has 0 atom stereocenters. The van der Waals surface area contributed by atoms with Gasteiger partial charge in [0.1, 0.15) is 18.2 Å². The minimum absolute atomic E-state index is 0.164. The van der Waals surface area contributed by atoms with Crippen molar-refractivity contribution in [2.75, 3.05) is 19.7 Å². The smallest absolute Gasteiger partial charge is 0.263 e. The van der Waals surface area contributed by atoms with Crippen LogP contribution in [0.15, 0.2) is 52.4 Å². The number of ether oxygens (including phenoxy) is 1. The Morgan fingerprint density at radius 2 is 1.96 bits per heavy atom. The second-order valence-corrected chi connectivity index (χ2v) is 8.20. The third-order valence-corrected chi connectivity index (χ3v) is 5.68. The Hall–Kier alpha value is -2.87. The summed E-state index contributed by atoms with van der Waals surface area (Å²) in [4.78, 5) is 16.4. The first-order chi connectivity index (χ1) is 13.4. The molecule has 148 valence electrons. The lowest BCUT2D eigenvalue weighted by molar-refractivity contribution is -0.120. The lowest BCUT2D eigenvalue weighted by Crippen LogP contribution is -2.29. The Kier molecular flexibility index (Phi) is 5.99. The van der Waals surface area contributed by atoms with E-state index in [-0.39, 0.29) is 29.6 Å². The highest BCUT2D eigenvalue weighted by Gasteiger charge is 2.29. The molecule has 0 spiro atoms. The van der Waals surface area contributed by atoms with Crippen LogP contribution in [0.25, 0.3) is 0 Å². The topological polar surface area (TPSA) is 96.9 Å². The minimum atomic E-state index is -3.55. The number of benzene rings is 2. The van der Waals surface area contributed by atoms with Gasteiger partial charge in [0, 0.05) is 12.0 Å². The fourth-order valence-electron chi connectivity index (χ4n) is 2.92. The highest BCUT2D eigenvalue weighted by Crippen LogP contribution is 2.22. The van der Waals surface area contributed by atoms with Crippen molar-refractivity contribution in [2.24, 2.45) is 4.99 Å². The van der Waals surface area contributed by atoms with Gasteiger partial charge in [0.15, 0.2) is 0 Å². The molecule has 2 aromatic rings. The molecule has 0 saturated carbocycles. The monoisotopic (exact) mass is 401 g/mol. The van der Waals surface area contributed by atoms with Gasteiger partial charge in [0.05, 0.1) is 18.0 Å². The number of fused-ring (bicyclic) bond motifs is 1. The molecule has 28 heavy (non-hydrogen) atoms. The Balaban J connectivity index is 1.43. The van der Waals surface area contributed by atoms with Crippen LogP contribution in [0, 0.1) is 13.8 Å². The van der Waals surface area contributed by atoms with E-state index in [4.69, 9.17) is 4.74 Å². The van der Waals surface area contributed by atoms with Crippen LogP contribution < -0.4 is 14.8 Å². The van der Waals surface area contributed by atoms with Crippen molar-refractivity contribution in [1.82, 2.24) is 10.0 Å². The summed E-state index contributed by atoms with van der Waals surface area (Å²) in [5.41, 5.74) is 2.76. The summed E-state index contributed by atoms with van der Waals surface area (Å²) in [7, 11) is -3.55. The molecule has 8 heteroatoms. The quantitative estimate of drug-likeness (QED) is 0.693. The van der Waals surface area contributed by atoms with Gasteiger partial charge in [-0.05, 0) is 37.6 Å². The van der Waals surface area contributed by atoms with Crippen molar-refractivity contribution in [3.05, 3.63) is 59.2 Å². The molecule has 1 amide bonds. The van der Waals surface area contributed by atoms with Crippen LogP contribution in [0.4, 0.5) is 0 Å². The van der Waals surface area contributed by atoms with E-state index in [9.17, 15) is 13.2 Å². The Morgan fingerprint density at radius 1 is 1.18 bits per heavy atom. The predicted molar refractivity (Wildman–Crippen MR) is 107 cm³/mol. The molecule has 0 aliphatic carbocycles. The molecule has 0 saturated heterocycles. The number of nitrogens with zero attached hydrogens (tertiary/aromatic N) is 1. The first kappa shape index (κ1) is 19.9. The summed E-state index contributed by atoms with van der Waals surface area (Å²) >= 11 is 0. The molecule has 0 bridgehead atoms. The number of rotatable bonds is 7. The Bertz CT molecular complexity index is 1020. The molecule has 0 unspecified atom stereocenters. The molecule has 0 radical (unpaired) electrons. The summed E-state index contributed by atoms with van der Waals surface area (Å²) < 4.78 is 32.1. The van der Waals surface area contributed by atoms with Crippen molar-refractivity contribution in [3.8, 4) is 5.75 Å². The van der Waals surface area contributed by atoms with E-state index in [2.05, 4.69) is 15.0 Å². The number of amidine groups is 1. The number of aliphatic imine (C=N–C) groups is 1. The van der Waals surface area contributed by atoms with Gasteiger partial charge in [-0.15, -0.1) is 0 Å². The zero-order valence-corrected chi connectivity index (χ0v) is 16.7. The van der Waals surface area contributed by atoms with Gasteiger partial charge in [0.2, 0.25) is 5.91 Å². The highest BCUT2D eigenvalue weighted by molar-refractivity contribution is 7.90. The highest BCUT2D eigenvalue weighted by atomic mass is 32.2. The maximum Gasteiger partial charge on any atom is 0.263 e. The first-order valence-corrected chi connectivity index (χ1v) is 10.5. The van der Waals surface area contributed by atoms with Crippen LogP contribution in [0.2, 0.25) is 0 Å². The van der Waals surface area contributed by atoms with Crippen LogP contribution in [0.5, 0.6) is 5.75 Å². The van der Waals surface area contributed by atoms with Crippen molar-refractivity contribution < 1.29 is 17.9 Å². The molecule has 2 aromatic carbocycles. The summed E-state index contributed by atoms with van der Waals surface area (Å²) in [5.74, 6) is 0.919. The molecule has 7 nitrogen and oxygen atoms in total. The molecular weight excluding hydrogens is 378 g/mol. The van der Waals surface area contributed by atoms with Gasteiger partial charge < -0.3 is 10.1 Å². The third kappa shape index (κ3) is 4.69. The number of nitrogens with one attached hydrogen (secondary N) is 2. The molecule has 3 rings (SSSR count). The normalized spacial score (nSPS) is 15.7. The number of sulfonamides is 1. The standard InChI is InChI=1S/C20H23N3O4S/c1-14-7-8-17(15(2)13-14)27-12-11-21-19(24)9-10-22-20-16-5-3-4-6-18(16)28(25,26)23-20/h3-8,13H,9-12H2,1-2H3,(H,21,24)(H,22,23). The van der Waals surface area contributed by atoms with Crippen LogP contribution in [0.1, 0.15) is 23.1 Å². The third-order valence-electron chi connectivity index (χ3n) is 4.28. The largest absolute Gasteiger partial charge is 0.491 e. The van der Waals surface area contributed by atoms with E-state index in [0.717, 1.165) is 11.3 Å². The second-order valence-electron chi connectivity index (χ2n) is 6.55. The van der Waals surface area contributed by atoms with Crippen LogP contribution >= 0.6 is 0 Å². The van der Waals surface area contributed by atoms with Crippen LogP contribution in [-0.2, 0) is 14.8 Å². The molecule has 1 aliphatic rings.